The molecule has 0 saturated carbocycles. The molecule has 12 heavy (non-hydrogen) atoms. The fourth-order valence-electron chi connectivity index (χ4n) is 0.872. The molecule has 2 nitrogen and oxygen atoms in total. The van der Waals surface area contributed by atoms with Crippen molar-refractivity contribution in [2.24, 2.45) is 5.73 Å². The quantitative estimate of drug-likeness (QED) is 0.777. The number of halogens is 2. The van der Waals surface area contributed by atoms with E-state index in [1.54, 1.807) is 12.1 Å². The van der Waals surface area contributed by atoms with Crippen LogP contribution in [-0.4, -0.2) is 11.7 Å². The predicted molar refractivity (Wildman–Crippen MR) is 52.7 cm³/mol. The van der Waals surface area contributed by atoms with E-state index < -0.39 is 6.10 Å². The van der Waals surface area contributed by atoms with Crippen molar-refractivity contribution in [3.63, 3.8) is 0 Å². The van der Waals surface area contributed by atoms with Crippen LogP contribution in [0.25, 0.3) is 0 Å². The zero-order chi connectivity index (χ0) is 8.27. The van der Waals surface area contributed by atoms with Crippen LogP contribution in [0, 0.1) is 0 Å². The van der Waals surface area contributed by atoms with Crippen molar-refractivity contribution in [1.82, 2.24) is 0 Å². The highest BCUT2D eigenvalue weighted by molar-refractivity contribution is 6.31. The summed E-state index contributed by atoms with van der Waals surface area (Å²) in [5, 5.41) is 9.86. The molecule has 1 atom stereocenters. The second-order valence-corrected chi connectivity index (χ2v) is 2.68. The second kappa shape index (κ2) is 5.38. The third-order valence-corrected chi connectivity index (χ3v) is 1.83. The summed E-state index contributed by atoms with van der Waals surface area (Å²) in [4.78, 5) is 0. The molecule has 1 aromatic carbocycles. The van der Waals surface area contributed by atoms with Crippen LogP contribution >= 0.6 is 24.0 Å². The lowest BCUT2D eigenvalue weighted by molar-refractivity contribution is 0.187. The normalized spacial score (nSPS) is 11.9. The van der Waals surface area contributed by atoms with Crippen molar-refractivity contribution in [2.75, 3.05) is 6.54 Å². The van der Waals surface area contributed by atoms with Gasteiger partial charge in [-0.05, 0) is 6.07 Å². The number of nitrogens with two attached hydrogens (primary N) is 1. The standard InChI is InChI=1S/C8H10ClNO.ClH/c9-7-4-2-1-3-6(7)8(11)5-10;/h1-4,8,11H,5,10H2;1H/t8-;/m0./s1. The highest BCUT2D eigenvalue weighted by Gasteiger charge is 2.07. The van der Waals surface area contributed by atoms with Crippen molar-refractivity contribution in [3.05, 3.63) is 34.9 Å². The van der Waals surface area contributed by atoms with E-state index in [-0.39, 0.29) is 19.0 Å². The predicted octanol–water partition coefficient (Wildman–Crippen LogP) is 1.75. The van der Waals surface area contributed by atoms with Gasteiger partial charge < -0.3 is 10.8 Å². The Hall–Kier alpha value is -0.280. The van der Waals surface area contributed by atoms with Crippen molar-refractivity contribution in [3.8, 4) is 0 Å². The Balaban J connectivity index is 0.00000121. The zero-order valence-electron chi connectivity index (χ0n) is 6.40. The fraction of sp³-hybridized carbons (Fsp3) is 0.250. The van der Waals surface area contributed by atoms with Gasteiger partial charge >= 0.3 is 0 Å². The van der Waals surface area contributed by atoms with Crippen LogP contribution in [0.5, 0.6) is 0 Å². The van der Waals surface area contributed by atoms with E-state index in [0.29, 0.717) is 10.6 Å². The van der Waals surface area contributed by atoms with Gasteiger partial charge in [0.05, 0.1) is 6.10 Å². The Morgan fingerprint density at radius 2 is 2.00 bits per heavy atom. The van der Waals surface area contributed by atoms with Gasteiger partial charge in [0.25, 0.3) is 0 Å². The Kier molecular flexibility index (Phi) is 5.25. The summed E-state index contributed by atoms with van der Waals surface area (Å²) in [6.07, 6.45) is -0.649. The van der Waals surface area contributed by atoms with E-state index in [1.807, 2.05) is 12.1 Å². The lowest BCUT2D eigenvalue weighted by Gasteiger charge is -2.08. The average Bonchev–Trinajstić information content (AvgIpc) is 2.04. The molecule has 0 saturated heterocycles. The van der Waals surface area contributed by atoms with Gasteiger partial charge in [0, 0.05) is 17.1 Å². The van der Waals surface area contributed by atoms with E-state index in [9.17, 15) is 5.11 Å². The van der Waals surface area contributed by atoms with Crippen LogP contribution in [0.2, 0.25) is 5.02 Å². The minimum atomic E-state index is -0.649. The van der Waals surface area contributed by atoms with Gasteiger partial charge in [-0.1, -0.05) is 29.8 Å². The van der Waals surface area contributed by atoms with Gasteiger partial charge in [0.1, 0.15) is 0 Å². The smallest absolute Gasteiger partial charge is 0.0926 e. The van der Waals surface area contributed by atoms with E-state index >= 15 is 0 Å². The minimum absolute atomic E-state index is 0. The number of rotatable bonds is 2. The summed E-state index contributed by atoms with van der Waals surface area (Å²) in [7, 11) is 0. The van der Waals surface area contributed by atoms with Gasteiger partial charge in [0.15, 0.2) is 0 Å². The molecule has 0 amide bonds. The Labute approximate surface area is 82.8 Å². The van der Waals surface area contributed by atoms with Crippen LogP contribution in [0.1, 0.15) is 11.7 Å². The molecule has 0 aliphatic carbocycles. The highest BCUT2D eigenvalue weighted by Crippen LogP contribution is 2.21. The molecule has 0 unspecified atom stereocenters. The number of hydrogen-bond donors (Lipinski definition) is 2. The van der Waals surface area contributed by atoms with Gasteiger partial charge in [-0.25, -0.2) is 0 Å². The molecule has 0 spiro atoms. The average molecular weight is 208 g/mol. The van der Waals surface area contributed by atoms with Crippen LogP contribution in [0.3, 0.4) is 0 Å². The highest BCUT2D eigenvalue weighted by atomic mass is 35.5. The van der Waals surface area contributed by atoms with Gasteiger partial charge in [0.2, 0.25) is 0 Å². The number of hydrogen-bond acceptors (Lipinski definition) is 2. The molecule has 1 aromatic rings. The van der Waals surface area contributed by atoms with Crippen LogP contribution in [-0.2, 0) is 0 Å². The molecule has 3 N–H and O–H groups in total. The molecule has 4 heteroatoms. The largest absolute Gasteiger partial charge is 0.387 e. The van der Waals surface area contributed by atoms with E-state index in [1.165, 1.54) is 0 Å². The molecule has 0 aliphatic rings. The molecule has 0 heterocycles. The number of aliphatic hydroxyl groups is 1. The first-order chi connectivity index (χ1) is 5.25. The monoisotopic (exact) mass is 207 g/mol. The lowest BCUT2D eigenvalue weighted by atomic mass is 10.1. The second-order valence-electron chi connectivity index (χ2n) is 2.27. The Morgan fingerprint density at radius 1 is 1.42 bits per heavy atom. The first kappa shape index (κ1) is 11.7. The zero-order valence-corrected chi connectivity index (χ0v) is 7.98. The lowest BCUT2D eigenvalue weighted by Crippen LogP contribution is -2.11. The van der Waals surface area contributed by atoms with E-state index in [0.717, 1.165) is 0 Å². The molecule has 1 rings (SSSR count). The summed E-state index contributed by atoms with van der Waals surface area (Å²) in [6, 6.07) is 7.13. The Bertz CT molecular complexity index is 242. The van der Waals surface area contributed by atoms with Crippen LogP contribution in [0.15, 0.2) is 24.3 Å². The van der Waals surface area contributed by atoms with Gasteiger partial charge in [-0.2, -0.15) is 0 Å². The van der Waals surface area contributed by atoms with Crippen molar-refractivity contribution in [2.45, 2.75) is 6.10 Å². The van der Waals surface area contributed by atoms with Crippen molar-refractivity contribution < 1.29 is 5.11 Å². The molecule has 0 aromatic heterocycles. The maximum atomic E-state index is 9.30. The van der Waals surface area contributed by atoms with Gasteiger partial charge in [-0.3, -0.25) is 0 Å². The minimum Gasteiger partial charge on any atom is -0.387 e. The molecule has 0 bridgehead atoms. The SMILES string of the molecule is Cl.NC[C@H](O)c1ccccc1Cl. The molecule has 0 fully saturated rings. The summed E-state index contributed by atoms with van der Waals surface area (Å²) in [5.74, 6) is 0. The molecular weight excluding hydrogens is 197 g/mol. The number of benzene rings is 1. The van der Waals surface area contributed by atoms with Crippen LogP contribution in [0.4, 0.5) is 0 Å². The van der Waals surface area contributed by atoms with Gasteiger partial charge in [-0.15, -0.1) is 12.4 Å². The first-order valence-electron chi connectivity index (χ1n) is 3.38. The summed E-state index contributed by atoms with van der Waals surface area (Å²) < 4.78 is 0. The third kappa shape index (κ3) is 2.64. The summed E-state index contributed by atoms with van der Waals surface area (Å²) >= 11 is 5.78. The van der Waals surface area contributed by atoms with E-state index in [4.69, 9.17) is 17.3 Å². The maximum Gasteiger partial charge on any atom is 0.0926 e. The third-order valence-electron chi connectivity index (χ3n) is 1.49. The van der Waals surface area contributed by atoms with Crippen molar-refractivity contribution in [1.29, 1.82) is 0 Å². The van der Waals surface area contributed by atoms with E-state index in [2.05, 4.69) is 0 Å². The van der Waals surface area contributed by atoms with Crippen LogP contribution < -0.4 is 5.73 Å². The first-order valence-corrected chi connectivity index (χ1v) is 3.76. The van der Waals surface area contributed by atoms with Crippen molar-refractivity contribution >= 4 is 24.0 Å². The maximum absolute atomic E-state index is 9.30. The summed E-state index contributed by atoms with van der Waals surface area (Å²) in [5.41, 5.74) is 5.96. The molecule has 0 radical (unpaired) electrons. The fourth-order valence-corrected chi connectivity index (χ4v) is 1.13. The summed E-state index contributed by atoms with van der Waals surface area (Å²) in [6.45, 7) is 0.198. The molecule has 0 aliphatic heterocycles. The number of aliphatic hydroxyl groups excluding tert-OH is 1. The Morgan fingerprint density at radius 3 is 2.50 bits per heavy atom. The molecule has 68 valence electrons. The topological polar surface area (TPSA) is 46.2 Å². The molecular formula is C8H11Cl2NO.